The van der Waals surface area contributed by atoms with Crippen LogP contribution in [0.1, 0.15) is 57.1 Å². The SMILES string of the molecule is CCOc1ccc(N(CC(=O)N(Cc2cccc(C)c2)[C@H](CC)C(=O)NC2CCCC2)S(C)(=O)=O)cc1. The van der Waals surface area contributed by atoms with E-state index in [1.165, 1.54) is 4.90 Å². The number of aryl methyl sites for hydroxylation is 1. The smallest absolute Gasteiger partial charge is 0.244 e. The van der Waals surface area contributed by atoms with E-state index < -0.39 is 28.5 Å². The average molecular weight is 530 g/mol. The van der Waals surface area contributed by atoms with Gasteiger partial charge in [-0.2, -0.15) is 0 Å². The van der Waals surface area contributed by atoms with Gasteiger partial charge in [0.05, 0.1) is 18.6 Å². The van der Waals surface area contributed by atoms with Crippen LogP contribution in [0.25, 0.3) is 0 Å². The number of anilines is 1. The number of carbonyl (C=O) groups excluding carboxylic acids is 2. The summed E-state index contributed by atoms with van der Waals surface area (Å²) in [4.78, 5) is 28.6. The van der Waals surface area contributed by atoms with Crippen molar-refractivity contribution in [1.29, 1.82) is 0 Å². The standard InChI is InChI=1S/C28H39N3O5S/c1-5-26(28(33)29-23-12-7-8-13-23)30(19-22-11-9-10-21(3)18-22)27(32)20-31(37(4,34)35)24-14-16-25(17-15-24)36-6-2/h9-11,14-18,23,26H,5-8,12-13,19-20H2,1-4H3,(H,29,33)/t26-/m1/s1. The molecule has 2 amide bonds. The van der Waals surface area contributed by atoms with Crippen molar-refractivity contribution in [3.05, 3.63) is 59.7 Å². The molecule has 0 heterocycles. The summed E-state index contributed by atoms with van der Waals surface area (Å²) in [5.41, 5.74) is 2.28. The summed E-state index contributed by atoms with van der Waals surface area (Å²) in [6.07, 6.45) is 5.53. The summed E-state index contributed by atoms with van der Waals surface area (Å²) >= 11 is 0. The molecule has 1 saturated carbocycles. The number of rotatable bonds is 12. The van der Waals surface area contributed by atoms with Crippen LogP contribution >= 0.6 is 0 Å². The van der Waals surface area contributed by atoms with Gasteiger partial charge in [0.25, 0.3) is 0 Å². The zero-order chi connectivity index (χ0) is 27.0. The van der Waals surface area contributed by atoms with E-state index in [2.05, 4.69) is 5.32 Å². The summed E-state index contributed by atoms with van der Waals surface area (Å²) in [6.45, 7) is 5.99. The van der Waals surface area contributed by atoms with Crippen LogP contribution in [0.5, 0.6) is 5.75 Å². The van der Waals surface area contributed by atoms with Gasteiger partial charge in [-0.3, -0.25) is 13.9 Å². The normalized spacial score (nSPS) is 14.7. The molecule has 0 bridgehead atoms. The van der Waals surface area contributed by atoms with Crippen LogP contribution < -0.4 is 14.4 Å². The Labute approximate surface area is 221 Å². The molecule has 0 unspecified atom stereocenters. The van der Waals surface area contributed by atoms with Crippen molar-refractivity contribution in [3.63, 3.8) is 0 Å². The Balaban J connectivity index is 1.90. The van der Waals surface area contributed by atoms with Gasteiger partial charge < -0.3 is 15.0 Å². The van der Waals surface area contributed by atoms with Crippen LogP contribution in [0.4, 0.5) is 5.69 Å². The van der Waals surface area contributed by atoms with Crippen molar-refractivity contribution >= 4 is 27.5 Å². The summed E-state index contributed by atoms with van der Waals surface area (Å²) < 4.78 is 32.0. The van der Waals surface area contributed by atoms with Crippen molar-refractivity contribution in [2.24, 2.45) is 0 Å². The lowest BCUT2D eigenvalue weighted by atomic mass is 10.1. The number of benzene rings is 2. The molecule has 0 aliphatic heterocycles. The maximum atomic E-state index is 13.8. The van der Waals surface area contributed by atoms with Crippen molar-refractivity contribution < 1.29 is 22.7 Å². The van der Waals surface area contributed by atoms with Gasteiger partial charge in [-0.05, 0) is 62.9 Å². The molecular weight excluding hydrogens is 490 g/mol. The summed E-state index contributed by atoms with van der Waals surface area (Å²) in [5.74, 6) is -0.0154. The van der Waals surface area contributed by atoms with Gasteiger partial charge in [-0.15, -0.1) is 0 Å². The minimum absolute atomic E-state index is 0.119. The first kappa shape index (κ1) is 28.5. The summed E-state index contributed by atoms with van der Waals surface area (Å²) in [6, 6.07) is 13.8. The summed E-state index contributed by atoms with van der Waals surface area (Å²) in [5, 5.41) is 3.12. The van der Waals surface area contributed by atoms with Gasteiger partial charge in [0.2, 0.25) is 21.8 Å². The molecule has 0 spiro atoms. The van der Waals surface area contributed by atoms with E-state index in [1.807, 2.05) is 45.0 Å². The highest BCUT2D eigenvalue weighted by atomic mass is 32.2. The fourth-order valence-corrected chi connectivity index (χ4v) is 5.63. The Kier molecular flexibility index (Phi) is 9.97. The van der Waals surface area contributed by atoms with E-state index in [0.717, 1.165) is 47.4 Å². The van der Waals surface area contributed by atoms with Crippen LogP contribution in [0.3, 0.4) is 0 Å². The Morgan fingerprint density at radius 1 is 1.08 bits per heavy atom. The molecule has 1 aliphatic rings. The number of ether oxygens (including phenoxy) is 1. The molecule has 0 aromatic heterocycles. The van der Waals surface area contributed by atoms with Crippen LogP contribution in [0.2, 0.25) is 0 Å². The summed E-state index contributed by atoms with van der Waals surface area (Å²) in [7, 11) is -3.78. The lowest BCUT2D eigenvalue weighted by Crippen LogP contribution is -2.53. The number of hydrogen-bond acceptors (Lipinski definition) is 5. The first-order valence-electron chi connectivity index (χ1n) is 13.0. The molecule has 2 aromatic carbocycles. The van der Waals surface area contributed by atoms with Gasteiger partial charge in [0.15, 0.2) is 0 Å². The first-order chi connectivity index (χ1) is 17.6. The van der Waals surface area contributed by atoms with Crippen LogP contribution in [0, 0.1) is 6.92 Å². The number of amides is 2. The predicted octanol–water partition coefficient (Wildman–Crippen LogP) is 4.03. The van der Waals surface area contributed by atoms with E-state index >= 15 is 0 Å². The third-order valence-electron chi connectivity index (χ3n) is 6.64. The molecule has 9 heteroatoms. The molecular formula is C28H39N3O5S. The maximum absolute atomic E-state index is 13.8. The first-order valence-corrected chi connectivity index (χ1v) is 14.8. The van der Waals surface area contributed by atoms with Crippen molar-refractivity contribution in [2.45, 2.75) is 71.5 Å². The lowest BCUT2D eigenvalue weighted by Gasteiger charge is -2.33. The molecule has 0 radical (unpaired) electrons. The van der Waals surface area contributed by atoms with Crippen molar-refractivity contribution in [3.8, 4) is 5.75 Å². The van der Waals surface area contributed by atoms with Gasteiger partial charge in [0.1, 0.15) is 18.3 Å². The predicted molar refractivity (Wildman–Crippen MR) is 146 cm³/mol. The zero-order valence-electron chi connectivity index (χ0n) is 22.3. The van der Waals surface area contributed by atoms with Crippen LogP contribution in [0.15, 0.2) is 48.5 Å². The molecule has 0 saturated heterocycles. The fraction of sp³-hybridized carbons (Fsp3) is 0.500. The van der Waals surface area contributed by atoms with E-state index in [-0.39, 0.29) is 18.5 Å². The van der Waals surface area contributed by atoms with Crippen molar-refractivity contribution in [2.75, 3.05) is 23.7 Å². The lowest BCUT2D eigenvalue weighted by molar-refractivity contribution is -0.140. The number of sulfonamides is 1. The highest BCUT2D eigenvalue weighted by Crippen LogP contribution is 2.23. The molecule has 1 aliphatic carbocycles. The maximum Gasteiger partial charge on any atom is 0.244 e. The number of nitrogens with one attached hydrogen (secondary N) is 1. The minimum Gasteiger partial charge on any atom is -0.494 e. The molecule has 1 N–H and O–H groups in total. The second kappa shape index (κ2) is 12.9. The second-order valence-electron chi connectivity index (χ2n) is 9.62. The Morgan fingerprint density at radius 2 is 1.76 bits per heavy atom. The van der Waals surface area contributed by atoms with Gasteiger partial charge in [0, 0.05) is 12.6 Å². The average Bonchev–Trinajstić information content (AvgIpc) is 3.35. The quantitative estimate of drug-likeness (QED) is 0.448. The minimum atomic E-state index is -3.78. The van der Waals surface area contributed by atoms with E-state index in [4.69, 9.17) is 4.74 Å². The van der Waals surface area contributed by atoms with E-state index in [9.17, 15) is 18.0 Å². The van der Waals surface area contributed by atoms with Crippen molar-refractivity contribution in [1.82, 2.24) is 10.2 Å². The van der Waals surface area contributed by atoms with E-state index in [1.54, 1.807) is 24.3 Å². The molecule has 8 nitrogen and oxygen atoms in total. The molecule has 202 valence electrons. The molecule has 2 aromatic rings. The van der Waals surface area contributed by atoms with E-state index in [0.29, 0.717) is 24.5 Å². The third kappa shape index (κ3) is 7.95. The Hall–Kier alpha value is -3.07. The highest BCUT2D eigenvalue weighted by Gasteiger charge is 2.33. The Bertz CT molecular complexity index is 1160. The molecule has 1 atom stereocenters. The zero-order valence-corrected chi connectivity index (χ0v) is 23.1. The number of hydrogen-bond donors (Lipinski definition) is 1. The third-order valence-corrected chi connectivity index (χ3v) is 7.78. The molecule has 1 fully saturated rings. The van der Waals surface area contributed by atoms with Gasteiger partial charge in [-0.25, -0.2) is 8.42 Å². The van der Waals surface area contributed by atoms with Gasteiger partial charge in [-0.1, -0.05) is 49.6 Å². The number of carbonyl (C=O) groups is 2. The van der Waals surface area contributed by atoms with Crippen LogP contribution in [-0.2, 0) is 26.2 Å². The second-order valence-corrected chi connectivity index (χ2v) is 11.5. The Morgan fingerprint density at radius 3 is 2.32 bits per heavy atom. The topological polar surface area (TPSA) is 96.0 Å². The fourth-order valence-electron chi connectivity index (χ4n) is 4.78. The number of nitrogens with zero attached hydrogens (tertiary/aromatic N) is 2. The monoisotopic (exact) mass is 529 g/mol. The van der Waals surface area contributed by atoms with Gasteiger partial charge >= 0.3 is 0 Å². The largest absolute Gasteiger partial charge is 0.494 e. The molecule has 37 heavy (non-hydrogen) atoms. The molecule has 3 rings (SSSR count). The van der Waals surface area contributed by atoms with Crippen LogP contribution in [-0.4, -0.2) is 56.6 Å². The highest BCUT2D eigenvalue weighted by molar-refractivity contribution is 7.92.